The van der Waals surface area contributed by atoms with Gasteiger partial charge >= 0.3 is 0 Å². The van der Waals surface area contributed by atoms with E-state index in [1.54, 1.807) is 7.11 Å². The van der Waals surface area contributed by atoms with Crippen LogP contribution in [0.25, 0.3) is 0 Å². The number of methoxy groups -OCH3 is 1. The second kappa shape index (κ2) is 8.19. The number of benzene rings is 2. The smallest absolute Gasteiger partial charge is 0.193 e. The molecule has 0 amide bonds. The van der Waals surface area contributed by atoms with Crippen LogP contribution in [0.5, 0.6) is 5.75 Å². The van der Waals surface area contributed by atoms with Gasteiger partial charge in [-0.05, 0) is 31.8 Å². The molecule has 0 bridgehead atoms. The Hall–Kier alpha value is -2.53. The van der Waals surface area contributed by atoms with Crippen LogP contribution in [-0.2, 0) is 0 Å². The second-order valence-electron chi connectivity index (χ2n) is 5.47. The average molecular weight is 312 g/mol. The fourth-order valence-corrected chi connectivity index (χ4v) is 2.32. The lowest BCUT2D eigenvalue weighted by Gasteiger charge is -2.23. The molecule has 1 atom stereocenters. The summed E-state index contributed by atoms with van der Waals surface area (Å²) in [4.78, 5) is 6.61. The Kier molecular flexibility index (Phi) is 6.00. The lowest BCUT2D eigenvalue weighted by Crippen LogP contribution is -2.27. The van der Waals surface area contributed by atoms with Gasteiger partial charge in [-0.25, -0.2) is 0 Å². The van der Waals surface area contributed by atoms with Crippen LogP contribution in [0.15, 0.2) is 59.6 Å². The predicted molar refractivity (Wildman–Crippen MR) is 96.0 cm³/mol. The number of nitrogens with one attached hydrogen (secondary N) is 1. The Morgan fingerprint density at radius 1 is 1.17 bits per heavy atom. The first-order chi connectivity index (χ1) is 11.1. The molecule has 0 aromatic heterocycles. The van der Waals surface area contributed by atoms with E-state index in [2.05, 4.69) is 27.3 Å². The molecule has 122 valence electrons. The molecule has 0 aliphatic rings. The highest BCUT2D eigenvalue weighted by Crippen LogP contribution is 2.19. The fourth-order valence-electron chi connectivity index (χ4n) is 2.32. The molecular weight excluding hydrogens is 288 g/mol. The Morgan fingerprint density at radius 2 is 1.91 bits per heavy atom. The van der Waals surface area contributed by atoms with Gasteiger partial charge in [0.25, 0.3) is 0 Å². The lowest BCUT2D eigenvalue weighted by atomic mass is 10.1. The van der Waals surface area contributed by atoms with Crippen LogP contribution in [-0.4, -0.2) is 38.6 Å². The monoisotopic (exact) mass is 312 g/mol. The Morgan fingerprint density at radius 3 is 2.57 bits per heavy atom. The third kappa shape index (κ3) is 5.00. The van der Waals surface area contributed by atoms with Crippen molar-refractivity contribution in [2.75, 3.05) is 33.1 Å². The molecule has 0 saturated heterocycles. The first kappa shape index (κ1) is 16.8. The number of aliphatic imine (C=N–C) groups is 1. The highest BCUT2D eigenvalue weighted by Gasteiger charge is 2.13. The molecule has 0 saturated carbocycles. The number of hydrogen-bond donors (Lipinski definition) is 2. The average Bonchev–Trinajstić information content (AvgIpc) is 2.56. The number of ether oxygens (including phenoxy) is 1. The molecule has 0 spiro atoms. The van der Waals surface area contributed by atoms with E-state index in [1.807, 2.05) is 56.6 Å². The summed E-state index contributed by atoms with van der Waals surface area (Å²) in [5.74, 6) is 1.17. The zero-order chi connectivity index (χ0) is 16.7. The van der Waals surface area contributed by atoms with E-state index in [1.165, 1.54) is 5.56 Å². The van der Waals surface area contributed by atoms with Gasteiger partial charge < -0.3 is 20.7 Å². The van der Waals surface area contributed by atoms with Crippen LogP contribution in [0, 0.1) is 0 Å². The normalized spacial score (nSPS) is 13.0. The van der Waals surface area contributed by atoms with E-state index in [-0.39, 0.29) is 6.04 Å². The van der Waals surface area contributed by atoms with E-state index in [4.69, 9.17) is 10.5 Å². The molecular formula is C18H24N4O. The van der Waals surface area contributed by atoms with E-state index in [9.17, 15) is 0 Å². The van der Waals surface area contributed by atoms with Crippen LogP contribution in [0.1, 0.15) is 11.6 Å². The first-order valence-electron chi connectivity index (χ1n) is 7.52. The van der Waals surface area contributed by atoms with E-state index in [0.29, 0.717) is 12.5 Å². The molecule has 0 radical (unpaired) electrons. The summed E-state index contributed by atoms with van der Waals surface area (Å²) in [6.07, 6.45) is 0. The van der Waals surface area contributed by atoms with Crippen LogP contribution < -0.4 is 15.8 Å². The molecule has 2 aromatic carbocycles. The number of rotatable bonds is 6. The fraction of sp³-hybridized carbons (Fsp3) is 0.278. The Labute approximate surface area is 137 Å². The molecule has 1 unspecified atom stereocenters. The molecule has 23 heavy (non-hydrogen) atoms. The predicted octanol–water partition coefficient (Wildman–Crippen LogP) is 2.72. The number of nitrogens with two attached hydrogens (primary N) is 1. The van der Waals surface area contributed by atoms with Crippen LogP contribution >= 0.6 is 0 Å². The van der Waals surface area contributed by atoms with E-state index in [0.717, 1.165) is 11.4 Å². The van der Waals surface area contributed by atoms with Gasteiger partial charge in [-0.2, -0.15) is 0 Å². The van der Waals surface area contributed by atoms with Crippen LogP contribution in [0.2, 0.25) is 0 Å². The number of nitrogens with zero attached hydrogens (tertiary/aromatic N) is 2. The maximum atomic E-state index is 6.00. The van der Waals surface area contributed by atoms with Crippen molar-refractivity contribution in [1.29, 1.82) is 0 Å². The van der Waals surface area contributed by atoms with Crippen molar-refractivity contribution in [3.63, 3.8) is 0 Å². The quantitative estimate of drug-likeness (QED) is 0.636. The highest BCUT2D eigenvalue weighted by molar-refractivity contribution is 5.92. The van der Waals surface area contributed by atoms with Gasteiger partial charge in [0.05, 0.1) is 19.7 Å². The maximum absolute atomic E-state index is 6.00. The second-order valence-corrected chi connectivity index (χ2v) is 5.47. The van der Waals surface area contributed by atoms with Gasteiger partial charge in [-0.15, -0.1) is 0 Å². The van der Waals surface area contributed by atoms with Crippen molar-refractivity contribution in [2.24, 2.45) is 10.7 Å². The summed E-state index contributed by atoms with van der Waals surface area (Å²) in [5, 5.41) is 3.09. The van der Waals surface area contributed by atoms with Crippen molar-refractivity contribution in [3.05, 3.63) is 60.2 Å². The summed E-state index contributed by atoms with van der Waals surface area (Å²) >= 11 is 0. The summed E-state index contributed by atoms with van der Waals surface area (Å²) in [6.45, 7) is 0.583. The van der Waals surface area contributed by atoms with Gasteiger partial charge in [0, 0.05) is 11.8 Å². The van der Waals surface area contributed by atoms with E-state index >= 15 is 0 Å². The summed E-state index contributed by atoms with van der Waals surface area (Å²) in [6, 6.07) is 18.1. The molecule has 5 heteroatoms. The van der Waals surface area contributed by atoms with Gasteiger partial charge in [-0.3, -0.25) is 4.99 Å². The van der Waals surface area contributed by atoms with Crippen molar-refractivity contribution >= 4 is 11.6 Å². The van der Waals surface area contributed by atoms with Gasteiger partial charge in [0.1, 0.15) is 5.75 Å². The minimum Gasteiger partial charge on any atom is -0.497 e. The van der Waals surface area contributed by atoms with Crippen molar-refractivity contribution in [3.8, 4) is 5.75 Å². The molecule has 5 nitrogen and oxygen atoms in total. The third-order valence-electron chi connectivity index (χ3n) is 3.58. The minimum atomic E-state index is 0.182. The molecule has 2 aromatic rings. The number of hydrogen-bond acceptors (Lipinski definition) is 3. The minimum absolute atomic E-state index is 0.182. The zero-order valence-corrected chi connectivity index (χ0v) is 13.9. The maximum Gasteiger partial charge on any atom is 0.193 e. The zero-order valence-electron chi connectivity index (χ0n) is 13.9. The van der Waals surface area contributed by atoms with Gasteiger partial charge in [0.15, 0.2) is 5.96 Å². The van der Waals surface area contributed by atoms with Crippen molar-refractivity contribution in [2.45, 2.75) is 6.04 Å². The Bertz CT molecular complexity index is 640. The van der Waals surface area contributed by atoms with E-state index < -0.39 is 0 Å². The van der Waals surface area contributed by atoms with Crippen molar-refractivity contribution < 1.29 is 4.74 Å². The molecule has 3 N–H and O–H groups in total. The molecule has 0 aliphatic heterocycles. The number of anilines is 1. The summed E-state index contributed by atoms with van der Waals surface area (Å²) in [5.41, 5.74) is 8.07. The lowest BCUT2D eigenvalue weighted by molar-refractivity contribution is 0.306. The number of likely N-dealkylation sites (N-methyl/N-ethyl adjacent to an activating group) is 1. The molecule has 0 fully saturated rings. The molecule has 0 heterocycles. The molecule has 0 aliphatic carbocycles. The highest BCUT2D eigenvalue weighted by atomic mass is 16.5. The van der Waals surface area contributed by atoms with Gasteiger partial charge in [-0.1, -0.05) is 36.4 Å². The summed E-state index contributed by atoms with van der Waals surface area (Å²) in [7, 11) is 5.72. The standard InChI is InChI=1S/C18H24N4O/c1-22(2)17(14-8-5-4-6-9-14)13-20-18(19)21-15-10-7-11-16(12-15)23-3/h4-12,17H,13H2,1-3H3,(H3,19,20,21). The van der Waals surface area contributed by atoms with Crippen LogP contribution in [0.4, 0.5) is 5.69 Å². The molecule has 2 rings (SSSR count). The Balaban J connectivity index is 2.04. The van der Waals surface area contributed by atoms with Crippen LogP contribution in [0.3, 0.4) is 0 Å². The van der Waals surface area contributed by atoms with Crippen molar-refractivity contribution in [1.82, 2.24) is 4.90 Å². The largest absolute Gasteiger partial charge is 0.497 e. The van der Waals surface area contributed by atoms with Gasteiger partial charge in [0.2, 0.25) is 0 Å². The first-order valence-corrected chi connectivity index (χ1v) is 7.52. The SMILES string of the molecule is COc1cccc(NC(N)=NCC(c2ccccc2)N(C)C)c1. The number of guanidine groups is 1. The summed E-state index contributed by atoms with van der Waals surface area (Å²) < 4.78 is 5.20. The third-order valence-corrected chi connectivity index (χ3v) is 3.58. The topological polar surface area (TPSA) is 62.9 Å².